The minimum absolute atomic E-state index is 0.00886. The van der Waals surface area contributed by atoms with Crippen LogP contribution in [0.4, 0.5) is 18.9 Å². The Morgan fingerprint density at radius 2 is 1.81 bits per heavy atom. The molecule has 0 saturated carbocycles. The molecule has 0 radical (unpaired) electrons. The van der Waals surface area contributed by atoms with E-state index < -0.39 is 40.6 Å². The first kappa shape index (κ1) is 33.9. The number of rotatable bonds is 11. The average molecular weight is 631 g/mol. The van der Waals surface area contributed by atoms with E-state index in [-0.39, 0.29) is 23.5 Å². The smallest absolute Gasteiger partial charge is 0.490 e. The van der Waals surface area contributed by atoms with Gasteiger partial charge in [0.15, 0.2) is 5.11 Å². The Balaban J connectivity index is 0.000000782. The van der Waals surface area contributed by atoms with Crippen molar-refractivity contribution < 1.29 is 50.9 Å². The lowest BCUT2D eigenvalue weighted by atomic mass is 10.1. The highest BCUT2D eigenvalue weighted by atomic mass is 32.2. The summed E-state index contributed by atoms with van der Waals surface area (Å²) in [5.41, 5.74) is 1.40. The van der Waals surface area contributed by atoms with Crippen LogP contribution in [0.2, 0.25) is 0 Å². The van der Waals surface area contributed by atoms with Crippen LogP contribution in [0.1, 0.15) is 12.0 Å². The number of fused-ring (bicyclic) bond motifs is 1. The maximum absolute atomic E-state index is 13.0. The molecule has 0 aliphatic rings. The van der Waals surface area contributed by atoms with Gasteiger partial charge in [0.2, 0.25) is 10.0 Å². The highest BCUT2D eigenvalue weighted by Crippen LogP contribution is 2.28. The maximum Gasteiger partial charge on any atom is 0.490 e. The lowest BCUT2D eigenvalue weighted by molar-refractivity contribution is -0.192. The summed E-state index contributed by atoms with van der Waals surface area (Å²) in [6.45, 7) is 0.129. The zero-order valence-electron chi connectivity index (χ0n) is 21.7. The lowest BCUT2D eigenvalue weighted by Gasteiger charge is -2.17. The zero-order valence-corrected chi connectivity index (χ0v) is 23.3. The second kappa shape index (κ2) is 15.0. The normalized spacial score (nSPS) is 11.9. The Hall–Kier alpha value is -4.35. The average Bonchev–Trinajstić information content (AvgIpc) is 2.92. The van der Waals surface area contributed by atoms with Gasteiger partial charge in [-0.15, -0.1) is 0 Å². The van der Waals surface area contributed by atoms with Gasteiger partial charge in [0, 0.05) is 43.0 Å². The van der Waals surface area contributed by atoms with Crippen LogP contribution in [0.15, 0.2) is 59.8 Å². The van der Waals surface area contributed by atoms with Gasteiger partial charge < -0.3 is 30.4 Å². The second-order valence-corrected chi connectivity index (χ2v) is 10.3. The van der Waals surface area contributed by atoms with E-state index in [1.807, 2.05) is 24.3 Å². The van der Waals surface area contributed by atoms with Crippen molar-refractivity contribution in [3.05, 3.63) is 60.4 Å². The highest BCUT2D eigenvalue weighted by Gasteiger charge is 2.38. The summed E-state index contributed by atoms with van der Waals surface area (Å²) in [5, 5.41) is 24.0. The Morgan fingerprint density at radius 1 is 1.14 bits per heavy atom. The molecule has 0 saturated heterocycles. The number of carboxylic acid groups (broad SMARTS) is 2. The van der Waals surface area contributed by atoms with Gasteiger partial charge in [0.05, 0.1) is 19.1 Å². The molecule has 1 aromatic heterocycles. The molecule has 0 fully saturated rings. The van der Waals surface area contributed by atoms with Gasteiger partial charge in [0.1, 0.15) is 16.9 Å². The number of carbonyl (C=O) groups is 3. The molecule has 0 amide bonds. The van der Waals surface area contributed by atoms with Crippen molar-refractivity contribution in [2.45, 2.75) is 30.0 Å². The van der Waals surface area contributed by atoms with E-state index in [4.69, 9.17) is 32.0 Å². The number of halogens is 3. The van der Waals surface area contributed by atoms with E-state index in [2.05, 4.69) is 20.3 Å². The number of aliphatic carboxylic acids is 2. The van der Waals surface area contributed by atoms with E-state index >= 15 is 0 Å². The number of nitrogens with one attached hydrogen (secondary N) is 3. The van der Waals surface area contributed by atoms with Crippen molar-refractivity contribution in [2.24, 2.45) is 0 Å². The number of hydrogen-bond acceptors (Lipinski definition) is 8. The van der Waals surface area contributed by atoms with Crippen molar-refractivity contribution in [3.8, 4) is 5.75 Å². The minimum atomic E-state index is -5.08. The third-order valence-corrected chi connectivity index (χ3v) is 7.04. The molecular weight excluding hydrogens is 605 g/mol. The molecule has 3 rings (SSSR count). The van der Waals surface area contributed by atoms with Crippen molar-refractivity contribution in [3.63, 3.8) is 0 Å². The van der Waals surface area contributed by atoms with Gasteiger partial charge in [-0.1, -0.05) is 24.3 Å². The van der Waals surface area contributed by atoms with Crippen LogP contribution < -0.4 is 20.1 Å². The molecule has 226 valence electrons. The Kier molecular flexibility index (Phi) is 12.1. The Labute approximate surface area is 242 Å². The van der Waals surface area contributed by atoms with Crippen LogP contribution in [0.3, 0.4) is 0 Å². The summed E-state index contributed by atoms with van der Waals surface area (Å²) in [6, 6.07) is 10.6. The van der Waals surface area contributed by atoms with Crippen LogP contribution in [0.5, 0.6) is 5.75 Å². The highest BCUT2D eigenvalue weighted by molar-refractivity contribution is 7.89. The van der Waals surface area contributed by atoms with Crippen molar-refractivity contribution in [1.82, 2.24) is 15.0 Å². The molecule has 0 aliphatic heterocycles. The summed E-state index contributed by atoms with van der Waals surface area (Å²) in [7, 11) is -2.65. The third-order valence-electron chi connectivity index (χ3n) is 5.21. The molecule has 42 heavy (non-hydrogen) atoms. The number of carboxylic acids is 2. The number of alkyl halides is 3. The molecule has 0 aliphatic carbocycles. The number of hydrogen-bond donors (Lipinski definition) is 5. The number of benzene rings is 2. The van der Waals surface area contributed by atoms with E-state index in [9.17, 15) is 31.2 Å². The molecule has 12 nitrogen and oxygen atoms in total. The number of thiocarbonyl (C=S) groups is 1. The number of ether oxygens (including phenoxy) is 1. The SMILES string of the molecule is CNC(=S)Nc1ccc(S(=O)(=O)NC(C=O)CC(=O)O)c(OCCc2cncc3ccccc23)c1.O=C(O)C(F)(F)F. The molecular formula is C25H25F3N4O8S2. The largest absolute Gasteiger partial charge is 0.492 e. The van der Waals surface area contributed by atoms with Crippen LogP contribution >= 0.6 is 12.2 Å². The van der Waals surface area contributed by atoms with E-state index in [0.717, 1.165) is 16.3 Å². The summed E-state index contributed by atoms with van der Waals surface area (Å²) in [6.07, 6.45) is -1.60. The quantitative estimate of drug-likeness (QED) is 0.154. The van der Waals surface area contributed by atoms with Crippen molar-refractivity contribution in [2.75, 3.05) is 19.0 Å². The number of aromatic nitrogens is 1. The molecule has 0 spiro atoms. The first-order chi connectivity index (χ1) is 19.7. The van der Waals surface area contributed by atoms with Gasteiger partial charge in [-0.05, 0) is 35.3 Å². The number of aldehydes is 1. The lowest BCUT2D eigenvalue weighted by Crippen LogP contribution is -2.37. The molecule has 2 aromatic carbocycles. The Bertz CT molecular complexity index is 1550. The predicted octanol–water partition coefficient (Wildman–Crippen LogP) is 2.73. The molecule has 1 atom stereocenters. The first-order valence-corrected chi connectivity index (χ1v) is 13.6. The Morgan fingerprint density at radius 3 is 2.40 bits per heavy atom. The summed E-state index contributed by atoms with van der Waals surface area (Å²) >= 11 is 5.10. The van der Waals surface area contributed by atoms with Crippen LogP contribution in [-0.4, -0.2) is 72.8 Å². The molecule has 1 heterocycles. The number of anilines is 1. The summed E-state index contributed by atoms with van der Waals surface area (Å²) in [4.78, 5) is 35.1. The molecule has 3 aromatic rings. The van der Waals surface area contributed by atoms with Gasteiger partial charge in [-0.2, -0.15) is 13.2 Å². The summed E-state index contributed by atoms with van der Waals surface area (Å²) in [5.74, 6) is -4.06. The first-order valence-electron chi connectivity index (χ1n) is 11.7. The minimum Gasteiger partial charge on any atom is -0.492 e. The standard InChI is InChI=1S/C23H24N4O6S2.C2HF3O2/c1-24-23(34)26-17-6-7-21(35(31,32)27-18(14-28)11-22(29)30)20(10-17)33-9-8-16-13-25-12-15-4-2-3-5-19(15)16;3-2(4,5)1(6)7/h2-7,10,12-14,18,27H,8-9,11H2,1H3,(H,29,30)(H2,24,26,34);(H,6,7). The fraction of sp³-hybridized carbons (Fsp3) is 0.240. The van der Waals surface area contributed by atoms with Gasteiger partial charge >= 0.3 is 18.1 Å². The fourth-order valence-electron chi connectivity index (χ4n) is 3.33. The van der Waals surface area contributed by atoms with Gasteiger partial charge in [-0.25, -0.2) is 17.9 Å². The van der Waals surface area contributed by atoms with Crippen molar-refractivity contribution >= 4 is 62.0 Å². The van der Waals surface area contributed by atoms with E-state index in [1.165, 1.54) is 18.2 Å². The van der Waals surface area contributed by atoms with Crippen LogP contribution in [-0.2, 0) is 30.8 Å². The number of pyridine rings is 1. The zero-order chi connectivity index (χ0) is 31.5. The second-order valence-electron chi connectivity index (χ2n) is 8.25. The third kappa shape index (κ3) is 10.2. The molecule has 5 N–H and O–H groups in total. The van der Waals surface area contributed by atoms with Gasteiger partial charge in [0.25, 0.3) is 0 Å². The number of sulfonamides is 1. The summed E-state index contributed by atoms with van der Waals surface area (Å²) < 4.78 is 65.7. The molecule has 17 heteroatoms. The van der Waals surface area contributed by atoms with Crippen LogP contribution in [0, 0.1) is 0 Å². The van der Waals surface area contributed by atoms with Gasteiger partial charge in [-0.3, -0.25) is 9.78 Å². The molecule has 0 bridgehead atoms. The monoisotopic (exact) mass is 630 g/mol. The number of nitrogens with zero attached hydrogens (tertiary/aromatic N) is 1. The fourth-order valence-corrected chi connectivity index (χ4v) is 4.74. The molecule has 1 unspecified atom stereocenters. The topological polar surface area (TPSA) is 184 Å². The van der Waals surface area contributed by atoms with Crippen molar-refractivity contribution in [1.29, 1.82) is 0 Å². The predicted molar refractivity (Wildman–Crippen MR) is 149 cm³/mol. The van der Waals surface area contributed by atoms with E-state index in [1.54, 1.807) is 19.4 Å². The van der Waals surface area contributed by atoms with E-state index in [0.29, 0.717) is 17.2 Å². The maximum atomic E-state index is 13.0. The van der Waals surface area contributed by atoms with Crippen LogP contribution in [0.25, 0.3) is 10.8 Å². The number of carbonyl (C=O) groups excluding carboxylic acids is 1.